The Balaban J connectivity index is 1.47. The Morgan fingerprint density at radius 1 is 0.927 bits per heavy atom. The molecule has 2 atom stereocenters. The SMILES string of the molecule is CC(C(=O)NC(C(=O)N1CCN(C(=O)c2c(C(=O)NCCOCCOCCO)c3cc(F)c(F)cc3n2C)CC1)C1CCCCC1)N(C)C(=O)OC(C)(C)C. The van der Waals surface area contributed by atoms with E-state index < -0.39 is 53.1 Å². The summed E-state index contributed by atoms with van der Waals surface area (Å²) < 4.78 is 46.2. The molecule has 4 rings (SSSR count). The van der Waals surface area contributed by atoms with E-state index in [0.717, 1.165) is 44.2 Å². The van der Waals surface area contributed by atoms with Gasteiger partial charge in [0.25, 0.3) is 11.8 Å². The zero-order chi connectivity index (χ0) is 40.4. The topological polar surface area (TPSA) is 172 Å². The average Bonchev–Trinajstić information content (AvgIpc) is 3.43. The van der Waals surface area contributed by atoms with Crippen LogP contribution in [0.3, 0.4) is 0 Å². The molecule has 2 aromatic rings. The lowest BCUT2D eigenvalue weighted by atomic mass is 9.83. The van der Waals surface area contributed by atoms with Crippen LogP contribution in [0.4, 0.5) is 13.6 Å². The van der Waals surface area contributed by atoms with Crippen molar-refractivity contribution in [3.63, 3.8) is 0 Å². The molecule has 1 saturated carbocycles. The first kappa shape index (κ1) is 43.4. The normalized spacial score (nSPS) is 16.5. The fourth-order valence-corrected chi connectivity index (χ4v) is 6.89. The second-order valence-corrected chi connectivity index (χ2v) is 15.0. The lowest BCUT2D eigenvalue weighted by Gasteiger charge is -2.39. The van der Waals surface area contributed by atoms with Gasteiger partial charge in [-0.3, -0.25) is 24.1 Å². The van der Waals surface area contributed by atoms with E-state index in [1.165, 1.54) is 28.5 Å². The van der Waals surface area contributed by atoms with Gasteiger partial charge in [0.05, 0.1) is 44.1 Å². The number of benzene rings is 1. The number of carbonyl (C=O) groups is 5. The summed E-state index contributed by atoms with van der Waals surface area (Å²) in [4.78, 5) is 72.3. The molecule has 1 aliphatic carbocycles. The van der Waals surface area contributed by atoms with Gasteiger partial charge in [0.2, 0.25) is 11.8 Å². The number of halogens is 2. The molecular formula is C38H56F2N6O9. The van der Waals surface area contributed by atoms with Crippen molar-refractivity contribution in [2.45, 2.75) is 77.5 Å². The fraction of sp³-hybridized carbons (Fsp3) is 0.658. The van der Waals surface area contributed by atoms with Gasteiger partial charge in [-0.25, -0.2) is 13.6 Å². The molecule has 0 radical (unpaired) electrons. The van der Waals surface area contributed by atoms with Crippen LogP contribution >= 0.6 is 0 Å². The molecule has 3 N–H and O–H groups in total. The summed E-state index contributed by atoms with van der Waals surface area (Å²) in [5, 5.41) is 14.5. The molecule has 2 unspecified atom stereocenters. The third kappa shape index (κ3) is 11.1. The van der Waals surface area contributed by atoms with E-state index in [0.29, 0.717) is 0 Å². The monoisotopic (exact) mass is 778 g/mol. The van der Waals surface area contributed by atoms with E-state index >= 15 is 0 Å². The lowest BCUT2D eigenvalue weighted by molar-refractivity contribution is -0.140. The summed E-state index contributed by atoms with van der Waals surface area (Å²) in [6.07, 6.45) is 3.72. The van der Waals surface area contributed by atoms with Gasteiger partial charge >= 0.3 is 6.09 Å². The van der Waals surface area contributed by atoms with Crippen molar-refractivity contribution in [3.8, 4) is 0 Å². The highest BCUT2D eigenvalue weighted by atomic mass is 19.2. The van der Waals surface area contributed by atoms with Gasteiger partial charge < -0.3 is 44.3 Å². The maximum Gasteiger partial charge on any atom is 0.410 e. The molecule has 0 spiro atoms. The second-order valence-electron chi connectivity index (χ2n) is 15.0. The van der Waals surface area contributed by atoms with Gasteiger partial charge in [-0.1, -0.05) is 19.3 Å². The maximum atomic E-state index is 14.5. The first-order valence-electron chi connectivity index (χ1n) is 18.9. The number of hydrogen-bond acceptors (Lipinski definition) is 9. The highest BCUT2D eigenvalue weighted by Crippen LogP contribution is 2.30. The number of likely N-dealkylation sites (N-methyl/N-ethyl adjacent to an activating group) is 1. The Bertz CT molecular complexity index is 1680. The molecule has 1 aromatic heterocycles. The van der Waals surface area contributed by atoms with Crippen LogP contribution in [0, 0.1) is 17.6 Å². The quantitative estimate of drug-likeness (QED) is 0.230. The number of aliphatic hydroxyl groups excluding tert-OH is 1. The maximum absolute atomic E-state index is 14.5. The summed E-state index contributed by atoms with van der Waals surface area (Å²) in [5.74, 6) is -4.40. The number of piperazine rings is 1. The summed E-state index contributed by atoms with van der Waals surface area (Å²) in [7, 11) is 2.97. The first-order chi connectivity index (χ1) is 26.0. The van der Waals surface area contributed by atoms with Crippen molar-refractivity contribution in [3.05, 3.63) is 35.0 Å². The summed E-state index contributed by atoms with van der Waals surface area (Å²) >= 11 is 0. The molecule has 1 aromatic carbocycles. The third-order valence-electron chi connectivity index (χ3n) is 10.0. The summed E-state index contributed by atoms with van der Waals surface area (Å²) in [6.45, 7) is 7.97. The van der Waals surface area contributed by atoms with Crippen LogP contribution in [-0.4, -0.2) is 145 Å². The third-order valence-corrected chi connectivity index (χ3v) is 10.0. The van der Waals surface area contributed by atoms with Crippen LogP contribution in [0.25, 0.3) is 10.9 Å². The molecule has 15 nitrogen and oxygen atoms in total. The van der Waals surface area contributed by atoms with Crippen molar-refractivity contribution in [2.24, 2.45) is 13.0 Å². The van der Waals surface area contributed by atoms with Gasteiger partial charge in [0, 0.05) is 58.3 Å². The van der Waals surface area contributed by atoms with Gasteiger partial charge in [-0.2, -0.15) is 0 Å². The molecule has 2 heterocycles. The number of aryl methyl sites for hydroxylation is 1. The van der Waals surface area contributed by atoms with Crippen molar-refractivity contribution >= 4 is 40.6 Å². The minimum Gasteiger partial charge on any atom is -0.444 e. The molecule has 55 heavy (non-hydrogen) atoms. The molecule has 2 aliphatic rings. The number of carbonyl (C=O) groups excluding carboxylic acids is 5. The van der Waals surface area contributed by atoms with Gasteiger partial charge in [0.15, 0.2) is 11.6 Å². The van der Waals surface area contributed by atoms with E-state index in [4.69, 9.17) is 19.3 Å². The number of aliphatic hydroxyl groups is 1. The predicted octanol–water partition coefficient (Wildman–Crippen LogP) is 2.82. The van der Waals surface area contributed by atoms with Gasteiger partial charge in [-0.15, -0.1) is 0 Å². The largest absolute Gasteiger partial charge is 0.444 e. The highest BCUT2D eigenvalue weighted by molar-refractivity contribution is 6.16. The molecule has 0 bridgehead atoms. The van der Waals surface area contributed by atoms with Crippen molar-refractivity contribution in [2.75, 3.05) is 72.8 Å². The number of fused-ring (bicyclic) bond motifs is 1. The number of aromatic nitrogens is 1. The number of ether oxygens (including phenoxy) is 3. The van der Waals surface area contributed by atoms with E-state index in [1.54, 1.807) is 32.6 Å². The van der Waals surface area contributed by atoms with Crippen LogP contribution in [0.2, 0.25) is 0 Å². The van der Waals surface area contributed by atoms with E-state index in [9.17, 15) is 32.8 Å². The van der Waals surface area contributed by atoms with Crippen molar-refractivity contribution < 1.29 is 52.1 Å². The Morgan fingerprint density at radius 2 is 1.53 bits per heavy atom. The average molecular weight is 779 g/mol. The number of rotatable bonds is 15. The van der Waals surface area contributed by atoms with Crippen molar-refractivity contribution in [1.29, 1.82) is 0 Å². The van der Waals surface area contributed by atoms with Crippen LogP contribution in [0.5, 0.6) is 0 Å². The van der Waals surface area contributed by atoms with Crippen LogP contribution in [0.1, 0.15) is 80.6 Å². The van der Waals surface area contributed by atoms with Crippen LogP contribution < -0.4 is 10.6 Å². The molecule has 1 saturated heterocycles. The van der Waals surface area contributed by atoms with Gasteiger partial charge in [-0.05, 0) is 52.5 Å². The Labute approximate surface area is 320 Å². The standard InChI is InChI=1S/C38H56F2N6O9/c1-24(43(5)37(52)55-38(2,3)4)33(48)42-31(25-10-8-7-9-11-25)35(50)45-13-15-46(16-14-45)36(51)32-30(26-22-27(39)28(40)23-29(26)44(32)6)34(49)41-12-18-53-20-21-54-19-17-47/h22-25,31,47H,7-21H2,1-6H3,(H,41,49)(H,42,48). The zero-order valence-corrected chi connectivity index (χ0v) is 32.8. The Kier molecular flexibility index (Phi) is 15.4. The minimum absolute atomic E-state index is 0.0576. The molecule has 306 valence electrons. The zero-order valence-electron chi connectivity index (χ0n) is 32.8. The molecule has 2 fully saturated rings. The minimum atomic E-state index is -1.17. The molecule has 5 amide bonds. The number of amides is 5. The summed E-state index contributed by atoms with van der Waals surface area (Å²) in [5.41, 5.74) is -0.782. The number of nitrogens with zero attached hydrogens (tertiary/aromatic N) is 4. The smallest absolute Gasteiger partial charge is 0.410 e. The van der Waals surface area contributed by atoms with Crippen molar-refractivity contribution in [1.82, 2.24) is 29.9 Å². The van der Waals surface area contributed by atoms with Crippen LogP contribution in [0.15, 0.2) is 12.1 Å². The number of hydrogen-bond donors (Lipinski definition) is 3. The van der Waals surface area contributed by atoms with E-state index in [1.807, 2.05) is 0 Å². The first-order valence-corrected chi connectivity index (χ1v) is 18.9. The van der Waals surface area contributed by atoms with E-state index in [2.05, 4.69) is 10.6 Å². The second kappa shape index (κ2) is 19.5. The Hall–Kier alpha value is -4.35. The molecular weight excluding hydrogens is 722 g/mol. The molecule has 17 heteroatoms. The Morgan fingerprint density at radius 3 is 2.15 bits per heavy atom. The highest BCUT2D eigenvalue weighted by Gasteiger charge is 2.38. The fourth-order valence-electron chi connectivity index (χ4n) is 6.89. The summed E-state index contributed by atoms with van der Waals surface area (Å²) in [6, 6.07) is 0.0888. The lowest BCUT2D eigenvalue weighted by Crippen LogP contribution is -2.60. The van der Waals surface area contributed by atoms with Crippen LogP contribution in [-0.2, 0) is 30.8 Å². The number of nitrogens with one attached hydrogen (secondary N) is 2. The van der Waals surface area contributed by atoms with E-state index in [-0.39, 0.29) is 99.7 Å². The predicted molar refractivity (Wildman–Crippen MR) is 198 cm³/mol. The molecule has 1 aliphatic heterocycles. The van der Waals surface area contributed by atoms with Gasteiger partial charge in [0.1, 0.15) is 23.4 Å².